The summed E-state index contributed by atoms with van der Waals surface area (Å²) in [6, 6.07) is 5.82. The van der Waals surface area contributed by atoms with Crippen molar-refractivity contribution in [2.45, 2.75) is 39.4 Å². The maximum Gasteiger partial charge on any atom is 0.170 e. The van der Waals surface area contributed by atoms with Crippen molar-refractivity contribution in [2.75, 3.05) is 6.61 Å². The molecule has 3 rings (SSSR count). The van der Waals surface area contributed by atoms with Crippen LogP contribution in [-0.2, 0) is 4.74 Å². The molecular formula is C17H21NO3. The Morgan fingerprint density at radius 2 is 2.24 bits per heavy atom. The number of carbonyl (C=O) groups excluding carboxylic acids is 1. The Morgan fingerprint density at radius 3 is 2.90 bits per heavy atom. The second-order valence-corrected chi connectivity index (χ2v) is 5.88. The summed E-state index contributed by atoms with van der Waals surface area (Å²) in [5, 5.41) is 0.885. The van der Waals surface area contributed by atoms with E-state index in [4.69, 9.17) is 9.47 Å². The number of hydrogen-bond acceptors (Lipinski definition) is 3. The van der Waals surface area contributed by atoms with E-state index in [1.165, 1.54) is 0 Å². The topological polar surface area (TPSA) is 51.3 Å². The standard InChI is InChI=1S/C17H21NO3/c1-10(2)21-15-6-4-5-14-16(15)13(9-18-14)17(19)12-7-8-20-11(12)3/h4-6,9-12,18H,7-8H2,1-3H3. The minimum absolute atomic E-state index is 0.0133. The summed E-state index contributed by atoms with van der Waals surface area (Å²) in [6.07, 6.45) is 2.65. The van der Waals surface area contributed by atoms with Gasteiger partial charge in [0.15, 0.2) is 5.78 Å². The van der Waals surface area contributed by atoms with Gasteiger partial charge in [-0.1, -0.05) is 6.07 Å². The number of nitrogens with one attached hydrogen (secondary N) is 1. The Bertz CT molecular complexity index is 659. The maximum atomic E-state index is 12.8. The lowest BCUT2D eigenvalue weighted by Gasteiger charge is -2.14. The molecule has 4 heteroatoms. The van der Waals surface area contributed by atoms with Crippen LogP contribution in [0.1, 0.15) is 37.6 Å². The van der Waals surface area contributed by atoms with Crippen molar-refractivity contribution in [3.05, 3.63) is 30.0 Å². The molecule has 2 aromatic rings. The van der Waals surface area contributed by atoms with Crippen molar-refractivity contribution in [1.82, 2.24) is 4.98 Å². The summed E-state index contributed by atoms with van der Waals surface area (Å²) in [6.45, 7) is 6.60. The van der Waals surface area contributed by atoms with Gasteiger partial charge in [-0.25, -0.2) is 0 Å². The molecule has 2 unspecified atom stereocenters. The van der Waals surface area contributed by atoms with Crippen LogP contribution in [0.3, 0.4) is 0 Å². The number of rotatable bonds is 4. The fraction of sp³-hybridized carbons (Fsp3) is 0.471. The SMILES string of the molecule is CC(C)Oc1cccc2[nH]cc(C(=O)C3CCOC3C)c12. The molecule has 4 nitrogen and oxygen atoms in total. The van der Waals surface area contributed by atoms with Gasteiger partial charge in [0.1, 0.15) is 5.75 Å². The van der Waals surface area contributed by atoms with Gasteiger partial charge in [-0.2, -0.15) is 0 Å². The molecule has 1 aromatic heterocycles. The van der Waals surface area contributed by atoms with Crippen molar-refractivity contribution in [2.24, 2.45) is 5.92 Å². The average Bonchev–Trinajstić information content (AvgIpc) is 3.04. The van der Waals surface area contributed by atoms with Crippen molar-refractivity contribution >= 4 is 16.7 Å². The molecular weight excluding hydrogens is 266 g/mol. The van der Waals surface area contributed by atoms with Gasteiger partial charge in [-0.05, 0) is 39.3 Å². The molecule has 112 valence electrons. The van der Waals surface area contributed by atoms with Crippen LogP contribution >= 0.6 is 0 Å². The normalized spacial score (nSPS) is 22.1. The van der Waals surface area contributed by atoms with Gasteiger partial charge in [-0.15, -0.1) is 0 Å². The monoisotopic (exact) mass is 287 g/mol. The lowest BCUT2D eigenvalue weighted by atomic mass is 9.92. The fourth-order valence-electron chi connectivity index (χ4n) is 2.97. The van der Waals surface area contributed by atoms with Gasteiger partial charge in [0.05, 0.1) is 23.5 Å². The number of Topliss-reactive ketones (excluding diaryl/α,β-unsaturated/α-hetero) is 1. The smallest absolute Gasteiger partial charge is 0.170 e. The Labute approximate surface area is 124 Å². The van der Waals surface area contributed by atoms with Gasteiger partial charge >= 0.3 is 0 Å². The fourth-order valence-corrected chi connectivity index (χ4v) is 2.97. The summed E-state index contributed by atoms with van der Waals surface area (Å²) in [4.78, 5) is 16.0. The van der Waals surface area contributed by atoms with E-state index in [0.717, 1.165) is 23.1 Å². The largest absolute Gasteiger partial charge is 0.490 e. The molecule has 0 bridgehead atoms. The van der Waals surface area contributed by atoms with Gasteiger partial charge in [0.25, 0.3) is 0 Å². The highest BCUT2D eigenvalue weighted by molar-refractivity contribution is 6.11. The molecule has 2 atom stereocenters. The first-order valence-corrected chi connectivity index (χ1v) is 7.50. The van der Waals surface area contributed by atoms with Crippen molar-refractivity contribution in [1.29, 1.82) is 0 Å². The van der Waals surface area contributed by atoms with E-state index < -0.39 is 0 Å². The van der Waals surface area contributed by atoms with Gasteiger partial charge < -0.3 is 14.5 Å². The van der Waals surface area contributed by atoms with Crippen molar-refractivity contribution < 1.29 is 14.3 Å². The van der Waals surface area contributed by atoms with Crippen LogP contribution in [0, 0.1) is 5.92 Å². The second kappa shape index (κ2) is 5.53. The first-order valence-electron chi connectivity index (χ1n) is 7.50. The zero-order chi connectivity index (χ0) is 15.0. The van der Waals surface area contributed by atoms with Gasteiger partial charge in [-0.3, -0.25) is 4.79 Å². The van der Waals surface area contributed by atoms with Crippen LogP contribution in [0.25, 0.3) is 10.9 Å². The molecule has 0 aliphatic carbocycles. The summed E-state index contributed by atoms with van der Waals surface area (Å²) in [5.74, 6) is 0.848. The Kier molecular flexibility index (Phi) is 3.72. The first-order chi connectivity index (χ1) is 10.1. The third-order valence-electron chi connectivity index (χ3n) is 4.01. The molecule has 0 amide bonds. The molecule has 1 N–H and O–H groups in total. The number of ether oxygens (including phenoxy) is 2. The van der Waals surface area contributed by atoms with Crippen LogP contribution in [0.5, 0.6) is 5.75 Å². The van der Waals surface area contributed by atoms with Crippen LogP contribution in [0.2, 0.25) is 0 Å². The minimum atomic E-state index is -0.0592. The third kappa shape index (κ3) is 2.56. The Balaban J connectivity index is 2.04. The molecule has 21 heavy (non-hydrogen) atoms. The lowest BCUT2D eigenvalue weighted by Crippen LogP contribution is -2.21. The number of H-pyrrole nitrogens is 1. The van der Waals surface area contributed by atoms with Gasteiger partial charge in [0.2, 0.25) is 0 Å². The van der Waals surface area contributed by atoms with Crippen LogP contribution < -0.4 is 4.74 Å². The van der Waals surface area contributed by atoms with Crippen molar-refractivity contribution in [3.63, 3.8) is 0 Å². The summed E-state index contributed by atoms with van der Waals surface area (Å²) in [7, 11) is 0. The summed E-state index contributed by atoms with van der Waals surface area (Å²) in [5.41, 5.74) is 1.65. The van der Waals surface area contributed by atoms with E-state index in [-0.39, 0.29) is 23.9 Å². The molecule has 0 spiro atoms. The van der Waals surface area contributed by atoms with Crippen molar-refractivity contribution in [3.8, 4) is 5.75 Å². The van der Waals surface area contributed by atoms with Crippen LogP contribution in [0.4, 0.5) is 0 Å². The van der Waals surface area contributed by atoms with E-state index >= 15 is 0 Å². The van der Waals surface area contributed by atoms with E-state index in [9.17, 15) is 4.79 Å². The summed E-state index contributed by atoms with van der Waals surface area (Å²) < 4.78 is 11.4. The van der Waals surface area contributed by atoms with E-state index in [1.54, 1.807) is 6.20 Å². The lowest BCUT2D eigenvalue weighted by molar-refractivity contribution is 0.0765. The number of ketones is 1. The Hall–Kier alpha value is -1.81. The number of hydrogen-bond donors (Lipinski definition) is 1. The number of fused-ring (bicyclic) bond motifs is 1. The van der Waals surface area contributed by atoms with Crippen LogP contribution in [0.15, 0.2) is 24.4 Å². The molecule has 2 heterocycles. The zero-order valence-corrected chi connectivity index (χ0v) is 12.7. The maximum absolute atomic E-state index is 12.8. The predicted octanol–water partition coefficient (Wildman–Crippen LogP) is 3.56. The van der Waals surface area contributed by atoms with Gasteiger partial charge in [0, 0.05) is 23.9 Å². The number of aromatic amines is 1. The number of aromatic nitrogens is 1. The highest BCUT2D eigenvalue weighted by Crippen LogP contribution is 2.33. The van der Waals surface area contributed by atoms with E-state index in [2.05, 4.69) is 4.98 Å². The number of benzene rings is 1. The van der Waals surface area contributed by atoms with Crippen LogP contribution in [-0.4, -0.2) is 29.6 Å². The predicted molar refractivity (Wildman–Crippen MR) is 81.9 cm³/mol. The molecule has 1 aromatic carbocycles. The highest BCUT2D eigenvalue weighted by Gasteiger charge is 2.33. The molecule has 0 saturated carbocycles. The first kappa shape index (κ1) is 14.1. The quantitative estimate of drug-likeness (QED) is 0.875. The zero-order valence-electron chi connectivity index (χ0n) is 12.7. The third-order valence-corrected chi connectivity index (χ3v) is 4.01. The molecule has 1 fully saturated rings. The average molecular weight is 287 g/mol. The number of carbonyl (C=O) groups is 1. The minimum Gasteiger partial charge on any atom is -0.490 e. The Morgan fingerprint density at radius 1 is 1.43 bits per heavy atom. The molecule has 1 aliphatic rings. The molecule has 0 radical (unpaired) electrons. The highest BCUT2D eigenvalue weighted by atomic mass is 16.5. The summed E-state index contributed by atoms with van der Waals surface area (Å²) >= 11 is 0. The molecule has 1 aliphatic heterocycles. The van der Waals surface area contributed by atoms with E-state index in [1.807, 2.05) is 39.0 Å². The second-order valence-electron chi connectivity index (χ2n) is 5.88. The molecule has 1 saturated heterocycles. The van der Waals surface area contributed by atoms with E-state index in [0.29, 0.717) is 12.2 Å².